The molecule has 3 nitrogen and oxygen atoms in total. The number of rotatable bonds is 9. The van der Waals surface area contributed by atoms with E-state index in [0.717, 1.165) is 39.3 Å². The topological polar surface area (TPSA) is 9.72 Å². The Labute approximate surface area is 313 Å². The smallest absolute Gasteiger partial charge is 0.0868 e. The third kappa shape index (κ3) is 6.77. The third-order valence-corrected chi connectivity index (χ3v) is 14.2. The first kappa shape index (κ1) is 33.4. The summed E-state index contributed by atoms with van der Waals surface area (Å²) < 4.78 is 8.71. The maximum atomic E-state index is 2.90. The standard InChI is InChI=1S/C48H48N3S/c1-7-19-37(20-8-1)43-31-49(32-44(43)38-21-9-2-10-22-38)52(50-33-45(39-23-11-3-12-24-39)46(34-50)40-25-13-4-14-26-40)51-35-47(41-27-15-5-16-28-41)48(36-51)42-29-17-6-18-30-42/h1-30,43-48H,31-36H2/q+1/t43-,44-,45-,46-,47-,48-/m1/s1. The zero-order valence-electron chi connectivity index (χ0n) is 29.8. The molecule has 3 aliphatic heterocycles. The minimum Gasteiger partial charge on any atom is -0.0868 e. The van der Waals surface area contributed by atoms with Crippen molar-refractivity contribution < 1.29 is 0 Å². The highest BCUT2D eigenvalue weighted by molar-refractivity contribution is 7.90. The van der Waals surface area contributed by atoms with Gasteiger partial charge in [0, 0.05) is 35.5 Å². The first-order valence-electron chi connectivity index (χ1n) is 19.1. The highest BCUT2D eigenvalue weighted by Crippen LogP contribution is 2.49. The van der Waals surface area contributed by atoms with Crippen LogP contribution < -0.4 is 0 Å². The molecule has 3 saturated heterocycles. The van der Waals surface area contributed by atoms with Crippen molar-refractivity contribution >= 4 is 11.5 Å². The fourth-order valence-corrected chi connectivity index (χ4v) is 12.2. The van der Waals surface area contributed by atoms with Gasteiger partial charge in [-0.15, -0.1) is 0 Å². The van der Waals surface area contributed by atoms with Crippen LogP contribution in [0.25, 0.3) is 0 Å². The van der Waals surface area contributed by atoms with Gasteiger partial charge in [0.05, 0.1) is 39.3 Å². The summed E-state index contributed by atoms with van der Waals surface area (Å²) in [4.78, 5) is 0. The number of hydrogen-bond donors (Lipinski definition) is 0. The van der Waals surface area contributed by atoms with E-state index in [1.54, 1.807) is 0 Å². The summed E-state index contributed by atoms with van der Waals surface area (Å²) in [7, 11) is 0. The molecule has 3 heterocycles. The average molecular weight is 699 g/mol. The van der Waals surface area contributed by atoms with Crippen molar-refractivity contribution in [3.05, 3.63) is 215 Å². The maximum Gasteiger partial charge on any atom is 0.268 e. The largest absolute Gasteiger partial charge is 0.268 e. The van der Waals surface area contributed by atoms with Crippen LogP contribution in [0.2, 0.25) is 0 Å². The Morgan fingerprint density at radius 3 is 0.558 bits per heavy atom. The molecule has 0 aromatic heterocycles. The Balaban J connectivity index is 1.13. The van der Waals surface area contributed by atoms with Crippen LogP contribution in [0.1, 0.15) is 68.9 Å². The van der Waals surface area contributed by atoms with E-state index in [1.807, 2.05) is 0 Å². The van der Waals surface area contributed by atoms with Crippen molar-refractivity contribution in [3.63, 3.8) is 0 Å². The van der Waals surface area contributed by atoms with E-state index in [1.165, 1.54) is 33.4 Å². The van der Waals surface area contributed by atoms with Gasteiger partial charge in [0.1, 0.15) is 0 Å². The van der Waals surface area contributed by atoms with Gasteiger partial charge in [0.25, 0.3) is 11.5 Å². The number of nitrogens with zero attached hydrogens (tertiary/aromatic N) is 3. The second-order valence-electron chi connectivity index (χ2n) is 14.9. The normalized spacial score (nSPS) is 25.6. The molecular formula is C48H48N3S+. The van der Waals surface area contributed by atoms with Crippen molar-refractivity contribution in [2.75, 3.05) is 39.3 Å². The molecule has 0 aliphatic carbocycles. The van der Waals surface area contributed by atoms with Gasteiger partial charge in [0.15, 0.2) is 0 Å². The average Bonchev–Trinajstić information content (AvgIpc) is 3.99. The number of benzene rings is 6. The summed E-state index contributed by atoms with van der Waals surface area (Å²) in [5, 5.41) is 0. The van der Waals surface area contributed by atoms with Crippen LogP contribution in [0.4, 0.5) is 0 Å². The lowest BCUT2D eigenvalue weighted by molar-refractivity contribution is 0.405. The quantitative estimate of drug-likeness (QED) is 0.139. The molecule has 9 rings (SSSR count). The van der Waals surface area contributed by atoms with Gasteiger partial charge >= 0.3 is 0 Å². The van der Waals surface area contributed by atoms with Crippen molar-refractivity contribution in [1.29, 1.82) is 0 Å². The molecule has 3 aliphatic rings. The van der Waals surface area contributed by atoms with Gasteiger partial charge < -0.3 is 0 Å². The Hall–Kier alpha value is -4.45. The van der Waals surface area contributed by atoms with Crippen LogP contribution in [-0.2, 0) is 11.5 Å². The molecule has 0 radical (unpaired) electrons. The zero-order chi connectivity index (χ0) is 34.7. The lowest BCUT2D eigenvalue weighted by Gasteiger charge is -2.28. The Morgan fingerprint density at radius 1 is 0.250 bits per heavy atom. The van der Waals surface area contributed by atoms with Gasteiger partial charge in [-0.2, -0.15) is 0 Å². The van der Waals surface area contributed by atoms with Crippen LogP contribution in [0.3, 0.4) is 0 Å². The lowest BCUT2D eigenvalue weighted by Crippen LogP contribution is -2.51. The van der Waals surface area contributed by atoms with Crippen molar-refractivity contribution in [2.45, 2.75) is 35.5 Å². The molecule has 52 heavy (non-hydrogen) atoms. The SMILES string of the molecule is c1ccc([C@H]2CN([S+](N3C[C@H](c4ccccc4)[C@@H](c4ccccc4)C3)N3C[C@H](c4ccccc4)[C@@H](c4ccccc4)C3)C[C@@H]2c2ccccc2)cc1. The Bertz CT molecular complexity index is 1620. The van der Waals surface area contributed by atoms with E-state index >= 15 is 0 Å². The van der Waals surface area contributed by atoms with Gasteiger partial charge in [-0.3, -0.25) is 0 Å². The Kier molecular flexibility index (Phi) is 9.80. The molecule has 0 spiro atoms. The van der Waals surface area contributed by atoms with Crippen molar-refractivity contribution in [3.8, 4) is 0 Å². The van der Waals surface area contributed by atoms with Crippen LogP contribution in [0, 0.1) is 0 Å². The molecule has 6 aromatic carbocycles. The van der Waals surface area contributed by atoms with Crippen molar-refractivity contribution in [1.82, 2.24) is 12.9 Å². The molecule has 0 saturated carbocycles. The van der Waals surface area contributed by atoms with Crippen LogP contribution in [0.5, 0.6) is 0 Å². The minimum absolute atomic E-state index is 0.217. The van der Waals surface area contributed by atoms with Gasteiger partial charge in [0.2, 0.25) is 0 Å². The maximum absolute atomic E-state index is 2.90. The fraction of sp³-hybridized carbons (Fsp3) is 0.250. The third-order valence-electron chi connectivity index (χ3n) is 11.9. The van der Waals surface area contributed by atoms with Gasteiger partial charge in [-0.05, 0) is 33.4 Å². The van der Waals surface area contributed by atoms with Crippen LogP contribution in [-0.4, -0.2) is 52.2 Å². The van der Waals surface area contributed by atoms with Crippen LogP contribution >= 0.6 is 0 Å². The highest BCUT2D eigenvalue weighted by atomic mass is 32.2. The van der Waals surface area contributed by atoms with Crippen molar-refractivity contribution in [2.24, 2.45) is 0 Å². The van der Waals surface area contributed by atoms with Crippen LogP contribution in [0.15, 0.2) is 182 Å². The zero-order valence-corrected chi connectivity index (χ0v) is 30.6. The molecule has 6 aromatic rings. The first-order chi connectivity index (χ1) is 25.8. The fourth-order valence-electron chi connectivity index (χ4n) is 9.42. The summed E-state index contributed by atoms with van der Waals surface area (Å²) in [5.41, 5.74) is 8.74. The predicted octanol–water partition coefficient (Wildman–Crippen LogP) is 10.00. The molecule has 260 valence electrons. The molecule has 6 atom stereocenters. The summed E-state index contributed by atoms with van der Waals surface area (Å²) in [6, 6.07) is 68.0. The van der Waals surface area contributed by atoms with E-state index in [4.69, 9.17) is 0 Å². The summed E-state index contributed by atoms with van der Waals surface area (Å²) in [6.45, 7) is 6.32. The summed E-state index contributed by atoms with van der Waals surface area (Å²) >= 11 is -0.217. The van der Waals surface area contributed by atoms with Gasteiger partial charge in [-0.1, -0.05) is 195 Å². The van der Waals surface area contributed by atoms with E-state index in [0.29, 0.717) is 35.5 Å². The van der Waals surface area contributed by atoms with Gasteiger partial charge in [-0.25, -0.2) is 0 Å². The molecule has 4 heteroatoms. The van der Waals surface area contributed by atoms with E-state index in [-0.39, 0.29) is 11.5 Å². The van der Waals surface area contributed by atoms with E-state index in [2.05, 4.69) is 195 Å². The molecule has 3 fully saturated rings. The molecule has 0 amide bonds. The summed E-state index contributed by atoms with van der Waals surface area (Å²) in [5.74, 6) is 2.63. The molecule has 0 unspecified atom stereocenters. The number of hydrogen-bond acceptors (Lipinski definition) is 3. The second-order valence-corrected chi connectivity index (χ2v) is 16.9. The molecular weight excluding hydrogens is 651 g/mol. The molecule has 0 N–H and O–H groups in total. The van der Waals surface area contributed by atoms with E-state index < -0.39 is 0 Å². The first-order valence-corrected chi connectivity index (χ1v) is 20.2. The lowest BCUT2D eigenvalue weighted by atomic mass is 9.84. The summed E-state index contributed by atoms with van der Waals surface area (Å²) in [6.07, 6.45) is 0. The minimum atomic E-state index is -0.217. The highest BCUT2D eigenvalue weighted by Gasteiger charge is 2.57. The monoisotopic (exact) mass is 698 g/mol. The van der Waals surface area contributed by atoms with E-state index in [9.17, 15) is 0 Å². The molecule has 0 bridgehead atoms. The second kappa shape index (κ2) is 15.3. The Morgan fingerprint density at radius 2 is 0.404 bits per heavy atom. The predicted molar refractivity (Wildman–Crippen MR) is 217 cm³/mol.